The van der Waals surface area contributed by atoms with Crippen LogP contribution >= 0.6 is 23.4 Å². The number of ether oxygens (including phenoxy) is 1. The minimum atomic E-state index is 0.660. The molecule has 0 spiro atoms. The molecule has 0 aliphatic carbocycles. The molecular weight excluding hydrogens is 414 g/mol. The highest BCUT2D eigenvalue weighted by atomic mass is 35.5. The summed E-state index contributed by atoms with van der Waals surface area (Å²) in [6.45, 7) is 2.73. The predicted molar refractivity (Wildman–Crippen MR) is 125 cm³/mol. The molecule has 2 aromatic heterocycles. The number of hydrogen-bond donors (Lipinski definition) is 0. The van der Waals surface area contributed by atoms with Gasteiger partial charge >= 0.3 is 0 Å². The highest BCUT2D eigenvalue weighted by Gasteiger charge is 2.12. The molecular formula is C24H20ClN3OS. The second kappa shape index (κ2) is 8.17. The molecule has 0 radical (unpaired) electrons. The van der Waals surface area contributed by atoms with Crippen molar-refractivity contribution in [2.75, 3.05) is 12.4 Å². The molecule has 5 rings (SSSR count). The van der Waals surface area contributed by atoms with Gasteiger partial charge in [-0.2, -0.15) is 0 Å². The molecule has 0 unspecified atom stereocenters. The van der Waals surface area contributed by atoms with E-state index < -0.39 is 0 Å². The number of hydrogen-bond acceptors (Lipinski definition) is 4. The molecule has 0 saturated heterocycles. The zero-order valence-electron chi connectivity index (χ0n) is 16.5. The molecule has 3 aromatic carbocycles. The molecule has 0 N–H and O–H groups in total. The van der Waals surface area contributed by atoms with Gasteiger partial charge in [0.15, 0.2) is 10.8 Å². The van der Waals surface area contributed by atoms with Crippen LogP contribution in [0.4, 0.5) is 0 Å². The molecule has 0 aliphatic rings. The fourth-order valence-corrected chi connectivity index (χ4v) is 4.75. The third-order valence-corrected chi connectivity index (χ3v) is 6.41. The van der Waals surface area contributed by atoms with Crippen LogP contribution in [0.3, 0.4) is 0 Å². The van der Waals surface area contributed by atoms with Crippen molar-refractivity contribution >= 4 is 50.7 Å². The molecule has 2 heterocycles. The summed E-state index contributed by atoms with van der Waals surface area (Å²) < 4.78 is 8.16. The van der Waals surface area contributed by atoms with E-state index in [2.05, 4.69) is 45.8 Å². The summed E-state index contributed by atoms with van der Waals surface area (Å²) in [5, 5.41) is 13.9. The Balaban J connectivity index is 1.29. The largest absolute Gasteiger partial charge is 0.493 e. The van der Waals surface area contributed by atoms with Gasteiger partial charge in [0.2, 0.25) is 0 Å². The number of nitrogens with zero attached hydrogens (tertiary/aromatic N) is 3. The third-order valence-electron chi connectivity index (χ3n) is 5.16. The normalized spacial score (nSPS) is 11.5. The van der Waals surface area contributed by atoms with Crippen LogP contribution in [-0.2, 0) is 0 Å². The number of pyridine rings is 1. The first-order valence-electron chi connectivity index (χ1n) is 9.88. The highest BCUT2D eigenvalue weighted by molar-refractivity contribution is 7.99. The van der Waals surface area contributed by atoms with E-state index in [4.69, 9.17) is 16.3 Å². The van der Waals surface area contributed by atoms with E-state index in [1.807, 2.05) is 42.5 Å². The van der Waals surface area contributed by atoms with Crippen molar-refractivity contribution in [3.8, 4) is 5.75 Å². The van der Waals surface area contributed by atoms with Crippen LogP contribution in [0.5, 0.6) is 5.75 Å². The van der Waals surface area contributed by atoms with Crippen molar-refractivity contribution in [2.45, 2.75) is 18.5 Å². The van der Waals surface area contributed by atoms with Gasteiger partial charge in [-0.1, -0.05) is 59.8 Å². The van der Waals surface area contributed by atoms with Crippen LogP contribution in [0.15, 0.2) is 71.9 Å². The van der Waals surface area contributed by atoms with Crippen molar-refractivity contribution in [3.05, 3.63) is 77.3 Å². The Morgan fingerprint density at radius 2 is 1.83 bits per heavy atom. The Kier molecular flexibility index (Phi) is 5.23. The van der Waals surface area contributed by atoms with Crippen LogP contribution in [0, 0.1) is 6.92 Å². The van der Waals surface area contributed by atoms with Crippen LogP contribution in [-0.4, -0.2) is 27.0 Å². The zero-order valence-corrected chi connectivity index (χ0v) is 18.1. The van der Waals surface area contributed by atoms with Crippen molar-refractivity contribution < 1.29 is 4.74 Å². The first-order chi connectivity index (χ1) is 14.7. The lowest BCUT2D eigenvalue weighted by molar-refractivity contribution is 0.322. The lowest BCUT2D eigenvalue weighted by atomic mass is 10.1. The summed E-state index contributed by atoms with van der Waals surface area (Å²) in [7, 11) is 0. The minimum absolute atomic E-state index is 0.660. The van der Waals surface area contributed by atoms with Crippen LogP contribution in [0.25, 0.3) is 27.3 Å². The van der Waals surface area contributed by atoms with E-state index >= 15 is 0 Å². The summed E-state index contributed by atoms with van der Waals surface area (Å²) in [4.78, 5) is 0. The van der Waals surface area contributed by atoms with Gasteiger partial charge in [0, 0.05) is 21.5 Å². The molecule has 0 amide bonds. The number of rotatable bonds is 6. The zero-order chi connectivity index (χ0) is 20.5. The molecule has 0 fully saturated rings. The SMILES string of the molecule is Cc1cc2nnc(SCCCOc3cccc4ccccc34)n2c2ccc(Cl)cc12. The number of thioether (sulfide) groups is 1. The van der Waals surface area contributed by atoms with E-state index in [0.29, 0.717) is 6.61 Å². The number of aryl methyl sites for hydroxylation is 1. The Morgan fingerprint density at radius 3 is 2.77 bits per heavy atom. The van der Waals surface area contributed by atoms with Gasteiger partial charge in [-0.3, -0.25) is 4.40 Å². The molecule has 30 heavy (non-hydrogen) atoms. The van der Waals surface area contributed by atoms with E-state index in [1.165, 1.54) is 5.39 Å². The first-order valence-corrected chi connectivity index (χ1v) is 11.2. The van der Waals surface area contributed by atoms with Gasteiger partial charge < -0.3 is 4.74 Å². The summed E-state index contributed by atoms with van der Waals surface area (Å²) in [5.74, 6) is 1.83. The van der Waals surface area contributed by atoms with Crippen LogP contribution < -0.4 is 4.74 Å². The number of aromatic nitrogens is 3. The van der Waals surface area contributed by atoms with Crippen molar-refractivity contribution in [2.24, 2.45) is 0 Å². The van der Waals surface area contributed by atoms with Gasteiger partial charge in [-0.15, -0.1) is 10.2 Å². The standard InChI is InChI=1S/C24H20ClN3OS/c1-16-14-23-26-27-24(28(23)21-11-10-18(25)15-20(16)21)30-13-5-12-29-22-9-4-7-17-6-2-3-8-19(17)22/h2-4,6-11,14-15H,5,12-13H2,1H3. The van der Waals surface area contributed by atoms with Crippen molar-refractivity contribution in [1.82, 2.24) is 14.6 Å². The second-order valence-electron chi connectivity index (χ2n) is 7.19. The maximum Gasteiger partial charge on any atom is 0.196 e. The predicted octanol–water partition coefficient (Wildman–Crippen LogP) is 6.56. The lowest BCUT2D eigenvalue weighted by Gasteiger charge is -2.10. The van der Waals surface area contributed by atoms with Crippen LogP contribution in [0.1, 0.15) is 12.0 Å². The fourth-order valence-electron chi connectivity index (χ4n) is 3.71. The van der Waals surface area contributed by atoms with E-state index in [-0.39, 0.29) is 0 Å². The Labute approximate surface area is 183 Å². The summed E-state index contributed by atoms with van der Waals surface area (Å²) in [6.07, 6.45) is 0.915. The van der Waals surface area contributed by atoms with Gasteiger partial charge in [-0.05, 0) is 54.6 Å². The maximum atomic E-state index is 6.20. The van der Waals surface area contributed by atoms with Gasteiger partial charge in [0.05, 0.1) is 12.1 Å². The lowest BCUT2D eigenvalue weighted by Crippen LogP contribution is -2.00. The molecule has 0 bridgehead atoms. The summed E-state index contributed by atoms with van der Waals surface area (Å²) in [6, 6.07) is 22.5. The molecule has 0 saturated carbocycles. The molecule has 4 nitrogen and oxygen atoms in total. The maximum absolute atomic E-state index is 6.20. The minimum Gasteiger partial charge on any atom is -0.493 e. The van der Waals surface area contributed by atoms with E-state index in [1.54, 1.807) is 11.8 Å². The molecule has 6 heteroatoms. The second-order valence-corrected chi connectivity index (χ2v) is 8.69. The average molecular weight is 434 g/mol. The molecule has 5 aromatic rings. The first kappa shape index (κ1) is 19.2. The number of halogens is 1. The van der Waals surface area contributed by atoms with E-state index in [9.17, 15) is 0 Å². The topological polar surface area (TPSA) is 39.4 Å². The Bertz CT molecular complexity index is 1360. The smallest absolute Gasteiger partial charge is 0.196 e. The number of benzene rings is 3. The fraction of sp³-hybridized carbons (Fsp3) is 0.167. The van der Waals surface area contributed by atoms with E-state index in [0.717, 1.165) is 55.6 Å². The highest BCUT2D eigenvalue weighted by Crippen LogP contribution is 2.29. The summed E-state index contributed by atoms with van der Waals surface area (Å²) in [5.41, 5.74) is 3.08. The van der Waals surface area contributed by atoms with Crippen molar-refractivity contribution in [1.29, 1.82) is 0 Å². The molecule has 0 atom stereocenters. The van der Waals surface area contributed by atoms with Gasteiger partial charge in [-0.25, -0.2) is 0 Å². The number of fused-ring (bicyclic) bond motifs is 4. The quantitative estimate of drug-likeness (QED) is 0.224. The molecule has 150 valence electrons. The van der Waals surface area contributed by atoms with Gasteiger partial charge in [0.25, 0.3) is 0 Å². The Morgan fingerprint density at radius 1 is 0.967 bits per heavy atom. The Hall–Kier alpha value is -2.76. The monoisotopic (exact) mass is 433 g/mol. The third kappa shape index (κ3) is 3.59. The van der Waals surface area contributed by atoms with Crippen LogP contribution in [0.2, 0.25) is 5.02 Å². The summed E-state index contributed by atoms with van der Waals surface area (Å²) >= 11 is 7.90. The van der Waals surface area contributed by atoms with Crippen molar-refractivity contribution in [3.63, 3.8) is 0 Å². The van der Waals surface area contributed by atoms with Gasteiger partial charge in [0.1, 0.15) is 5.75 Å². The average Bonchev–Trinajstić information content (AvgIpc) is 3.16. The molecule has 0 aliphatic heterocycles.